The third-order valence-electron chi connectivity index (χ3n) is 5.23. The fraction of sp³-hybridized carbons (Fsp3) is 0.941. The van der Waals surface area contributed by atoms with Gasteiger partial charge in [0.15, 0.2) is 0 Å². The second-order valence-electron chi connectivity index (χ2n) is 7.18. The van der Waals surface area contributed by atoms with Gasteiger partial charge in [-0.15, -0.1) is 0 Å². The second kappa shape index (κ2) is 7.59. The highest BCUT2D eigenvalue weighted by molar-refractivity contribution is 5.82. The number of piperidine rings is 1. The van der Waals surface area contributed by atoms with E-state index in [9.17, 15) is 4.79 Å². The van der Waals surface area contributed by atoms with E-state index < -0.39 is 0 Å². The Labute approximate surface area is 130 Å². The van der Waals surface area contributed by atoms with Crippen LogP contribution in [0.2, 0.25) is 0 Å². The van der Waals surface area contributed by atoms with Crippen LogP contribution in [0.3, 0.4) is 0 Å². The fourth-order valence-corrected chi connectivity index (χ4v) is 4.20. The molecule has 1 amide bonds. The number of rotatable bonds is 5. The van der Waals surface area contributed by atoms with Crippen LogP contribution in [0.5, 0.6) is 0 Å². The number of likely N-dealkylation sites (N-methyl/N-ethyl adjacent to an activating group) is 2. The maximum Gasteiger partial charge on any atom is 0.239 e. The molecule has 4 nitrogen and oxygen atoms in total. The molecule has 4 atom stereocenters. The molecule has 0 bridgehead atoms. The van der Waals surface area contributed by atoms with Crippen LogP contribution in [0.15, 0.2) is 0 Å². The molecule has 1 saturated heterocycles. The van der Waals surface area contributed by atoms with Gasteiger partial charge in [-0.25, -0.2) is 0 Å². The number of carbonyl (C=O) groups excluding carboxylic acids is 1. The van der Waals surface area contributed by atoms with E-state index >= 15 is 0 Å². The Morgan fingerprint density at radius 2 is 1.90 bits per heavy atom. The van der Waals surface area contributed by atoms with Crippen molar-refractivity contribution in [2.45, 2.75) is 70.5 Å². The van der Waals surface area contributed by atoms with Crippen molar-refractivity contribution in [3.8, 4) is 0 Å². The molecule has 2 fully saturated rings. The van der Waals surface area contributed by atoms with Gasteiger partial charge in [-0.2, -0.15) is 0 Å². The first-order valence-electron chi connectivity index (χ1n) is 8.74. The summed E-state index contributed by atoms with van der Waals surface area (Å²) in [6.07, 6.45) is 7.56. The Hall–Kier alpha value is -0.610. The third kappa shape index (κ3) is 4.19. The van der Waals surface area contributed by atoms with Crippen molar-refractivity contribution in [3.63, 3.8) is 0 Å². The topological polar surface area (TPSA) is 35.6 Å². The molecule has 0 radical (unpaired) electrons. The molecule has 1 aliphatic carbocycles. The van der Waals surface area contributed by atoms with Gasteiger partial charge in [-0.3, -0.25) is 4.79 Å². The van der Waals surface area contributed by atoms with Crippen LogP contribution in [-0.2, 0) is 4.79 Å². The van der Waals surface area contributed by atoms with E-state index in [0.717, 1.165) is 25.4 Å². The molecule has 1 aliphatic heterocycles. The number of fused-ring (bicyclic) bond motifs is 1. The van der Waals surface area contributed by atoms with Crippen molar-refractivity contribution in [3.05, 3.63) is 0 Å². The van der Waals surface area contributed by atoms with E-state index in [1.165, 1.54) is 32.1 Å². The quantitative estimate of drug-likeness (QED) is 0.843. The molecule has 0 spiro atoms. The van der Waals surface area contributed by atoms with Crippen molar-refractivity contribution >= 4 is 5.91 Å². The predicted molar refractivity (Wildman–Crippen MR) is 87.3 cm³/mol. The highest BCUT2D eigenvalue weighted by Gasteiger charge is 2.36. The highest BCUT2D eigenvalue weighted by atomic mass is 16.2. The predicted octanol–water partition coefficient (Wildman–Crippen LogP) is 2.10. The largest absolute Gasteiger partial charge is 0.338 e. The summed E-state index contributed by atoms with van der Waals surface area (Å²) in [5.41, 5.74) is 0. The molecule has 0 aromatic rings. The van der Waals surface area contributed by atoms with Crippen molar-refractivity contribution in [1.29, 1.82) is 0 Å². The standard InChI is InChI=1S/C17H33N3O/c1-5-20(13(2)12-19(3)4)17(21)16-11-10-14-8-6-7-9-15(14)18-16/h13-16,18H,5-12H2,1-4H3. The summed E-state index contributed by atoms with van der Waals surface area (Å²) in [5.74, 6) is 1.13. The first-order chi connectivity index (χ1) is 10.0. The van der Waals surface area contributed by atoms with Gasteiger partial charge in [0, 0.05) is 25.2 Å². The van der Waals surface area contributed by atoms with Gasteiger partial charge < -0.3 is 15.1 Å². The second-order valence-corrected chi connectivity index (χ2v) is 7.18. The zero-order valence-electron chi connectivity index (χ0n) is 14.3. The zero-order valence-corrected chi connectivity index (χ0v) is 14.3. The van der Waals surface area contributed by atoms with E-state index in [-0.39, 0.29) is 12.1 Å². The Morgan fingerprint density at radius 3 is 2.57 bits per heavy atom. The van der Waals surface area contributed by atoms with Crippen molar-refractivity contribution in [1.82, 2.24) is 15.1 Å². The summed E-state index contributed by atoms with van der Waals surface area (Å²) in [6, 6.07) is 0.918. The van der Waals surface area contributed by atoms with Crippen molar-refractivity contribution in [2.24, 2.45) is 5.92 Å². The first kappa shape index (κ1) is 16.8. The van der Waals surface area contributed by atoms with Crippen molar-refractivity contribution < 1.29 is 4.79 Å². The van der Waals surface area contributed by atoms with Gasteiger partial charge >= 0.3 is 0 Å². The van der Waals surface area contributed by atoms with Crippen LogP contribution in [0, 0.1) is 5.92 Å². The van der Waals surface area contributed by atoms with E-state index in [1.807, 2.05) is 0 Å². The molecule has 2 aliphatic rings. The molecule has 122 valence electrons. The Balaban J connectivity index is 1.94. The normalized spacial score (nSPS) is 30.8. The van der Waals surface area contributed by atoms with Gasteiger partial charge in [0.25, 0.3) is 0 Å². The van der Waals surface area contributed by atoms with E-state index in [1.54, 1.807) is 0 Å². The molecule has 1 N–H and O–H groups in total. The lowest BCUT2D eigenvalue weighted by atomic mass is 9.77. The van der Waals surface area contributed by atoms with E-state index in [0.29, 0.717) is 11.9 Å². The SMILES string of the molecule is CCN(C(=O)C1CCC2CCCCC2N1)C(C)CN(C)C. The average molecular weight is 295 g/mol. The lowest BCUT2D eigenvalue weighted by molar-refractivity contribution is -0.137. The molecule has 1 heterocycles. The lowest BCUT2D eigenvalue weighted by Gasteiger charge is -2.42. The summed E-state index contributed by atoms with van der Waals surface area (Å²) in [5, 5.41) is 3.67. The fourth-order valence-electron chi connectivity index (χ4n) is 4.20. The maximum absolute atomic E-state index is 12.9. The molecular weight excluding hydrogens is 262 g/mol. The maximum atomic E-state index is 12.9. The first-order valence-corrected chi connectivity index (χ1v) is 8.74. The molecule has 0 aromatic carbocycles. The Kier molecular flexibility index (Phi) is 6.06. The van der Waals surface area contributed by atoms with Gasteiger partial charge in [0.2, 0.25) is 5.91 Å². The average Bonchev–Trinajstić information content (AvgIpc) is 2.46. The minimum atomic E-state index is 0.0499. The molecule has 1 saturated carbocycles. The molecule has 4 heteroatoms. The van der Waals surface area contributed by atoms with Crippen LogP contribution >= 0.6 is 0 Å². The molecule has 21 heavy (non-hydrogen) atoms. The number of nitrogens with zero attached hydrogens (tertiary/aromatic N) is 2. The summed E-state index contributed by atoms with van der Waals surface area (Å²) >= 11 is 0. The molecule has 0 aromatic heterocycles. The Morgan fingerprint density at radius 1 is 1.19 bits per heavy atom. The van der Waals surface area contributed by atoms with Crippen LogP contribution in [0.1, 0.15) is 52.4 Å². The van der Waals surface area contributed by atoms with Crippen LogP contribution in [-0.4, -0.2) is 61.0 Å². The molecule has 4 unspecified atom stereocenters. The van der Waals surface area contributed by atoms with E-state index in [4.69, 9.17) is 0 Å². The van der Waals surface area contributed by atoms with Crippen LogP contribution in [0.4, 0.5) is 0 Å². The van der Waals surface area contributed by atoms with Gasteiger partial charge in [-0.1, -0.05) is 12.8 Å². The minimum Gasteiger partial charge on any atom is -0.338 e. The number of carbonyl (C=O) groups is 1. The summed E-state index contributed by atoms with van der Waals surface area (Å²) < 4.78 is 0. The number of hydrogen-bond donors (Lipinski definition) is 1. The van der Waals surface area contributed by atoms with Crippen molar-refractivity contribution in [2.75, 3.05) is 27.2 Å². The summed E-state index contributed by atoms with van der Waals surface area (Å²) in [7, 11) is 4.14. The Bertz CT molecular complexity index is 345. The summed E-state index contributed by atoms with van der Waals surface area (Å²) in [6.45, 7) is 5.99. The third-order valence-corrected chi connectivity index (χ3v) is 5.23. The van der Waals surface area contributed by atoms with E-state index in [2.05, 4.69) is 43.1 Å². The van der Waals surface area contributed by atoms with Gasteiger partial charge in [0.05, 0.1) is 6.04 Å². The van der Waals surface area contributed by atoms with Gasteiger partial charge in [0.1, 0.15) is 0 Å². The highest BCUT2D eigenvalue weighted by Crippen LogP contribution is 2.32. The number of hydrogen-bond acceptors (Lipinski definition) is 3. The number of nitrogens with one attached hydrogen (secondary N) is 1. The summed E-state index contributed by atoms with van der Waals surface area (Å²) in [4.78, 5) is 17.1. The number of amides is 1. The van der Waals surface area contributed by atoms with Crippen LogP contribution < -0.4 is 5.32 Å². The van der Waals surface area contributed by atoms with Gasteiger partial charge in [-0.05, 0) is 59.5 Å². The smallest absolute Gasteiger partial charge is 0.239 e. The zero-order chi connectivity index (χ0) is 15.4. The lowest BCUT2D eigenvalue weighted by Crippen LogP contribution is -2.57. The van der Waals surface area contributed by atoms with Crippen LogP contribution in [0.25, 0.3) is 0 Å². The molecular formula is C17H33N3O. The minimum absolute atomic E-state index is 0.0499. The molecule has 2 rings (SSSR count). The monoisotopic (exact) mass is 295 g/mol.